The summed E-state index contributed by atoms with van der Waals surface area (Å²) in [4.78, 5) is 24.0. The average molecular weight is 210 g/mol. The highest BCUT2D eigenvalue weighted by atomic mass is 16.3. The van der Waals surface area contributed by atoms with Crippen LogP contribution in [0.3, 0.4) is 0 Å². The van der Waals surface area contributed by atoms with Gasteiger partial charge in [0.1, 0.15) is 6.26 Å². The molecule has 2 amide bonds. The molecule has 1 aromatic heterocycles. The summed E-state index contributed by atoms with van der Waals surface area (Å²) in [6.45, 7) is 3.56. The quantitative estimate of drug-likeness (QED) is 0.791. The zero-order valence-corrected chi connectivity index (χ0v) is 8.77. The molecule has 0 aliphatic heterocycles. The Morgan fingerprint density at radius 1 is 1.53 bits per heavy atom. The maximum absolute atomic E-state index is 11.8. The molecule has 15 heavy (non-hydrogen) atoms. The lowest BCUT2D eigenvalue weighted by Gasteiger charge is -2.24. The zero-order valence-electron chi connectivity index (χ0n) is 8.77. The van der Waals surface area contributed by atoms with Gasteiger partial charge in [-0.05, 0) is 19.9 Å². The first-order valence-corrected chi connectivity index (χ1v) is 4.64. The lowest BCUT2D eigenvalue weighted by Crippen LogP contribution is -2.42. The van der Waals surface area contributed by atoms with E-state index in [1.807, 2.05) is 13.8 Å². The molecule has 0 fully saturated rings. The van der Waals surface area contributed by atoms with Gasteiger partial charge in [-0.15, -0.1) is 0 Å². The molecular weight excluding hydrogens is 196 g/mol. The van der Waals surface area contributed by atoms with Crippen molar-refractivity contribution in [1.29, 1.82) is 0 Å². The molecule has 0 atom stereocenters. The van der Waals surface area contributed by atoms with Crippen molar-refractivity contribution in [2.45, 2.75) is 19.9 Å². The summed E-state index contributed by atoms with van der Waals surface area (Å²) in [6, 6.07) is 1.47. The Morgan fingerprint density at radius 3 is 2.60 bits per heavy atom. The van der Waals surface area contributed by atoms with Gasteiger partial charge in [0.2, 0.25) is 5.91 Å². The minimum absolute atomic E-state index is 0.0817. The largest absolute Gasteiger partial charge is 0.472 e. The molecule has 1 aromatic rings. The number of hydrogen-bond donors (Lipinski definition) is 1. The zero-order chi connectivity index (χ0) is 11.4. The number of nitrogens with zero attached hydrogens (tertiary/aromatic N) is 1. The fraction of sp³-hybridized carbons (Fsp3) is 0.400. The maximum Gasteiger partial charge on any atom is 0.257 e. The van der Waals surface area contributed by atoms with Crippen molar-refractivity contribution in [3.63, 3.8) is 0 Å². The molecule has 0 saturated heterocycles. The van der Waals surface area contributed by atoms with Crippen LogP contribution in [0, 0.1) is 0 Å². The summed E-state index contributed by atoms with van der Waals surface area (Å²) >= 11 is 0. The summed E-state index contributed by atoms with van der Waals surface area (Å²) in [7, 11) is 0. The van der Waals surface area contributed by atoms with Gasteiger partial charge >= 0.3 is 0 Å². The molecule has 2 N–H and O–H groups in total. The van der Waals surface area contributed by atoms with E-state index < -0.39 is 5.91 Å². The predicted octanol–water partition coefficient (Wildman–Crippen LogP) is 0.615. The molecule has 0 aromatic carbocycles. The van der Waals surface area contributed by atoms with Crippen molar-refractivity contribution in [3.8, 4) is 0 Å². The van der Waals surface area contributed by atoms with E-state index in [4.69, 9.17) is 10.2 Å². The van der Waals surface area contributed by atoms with E-state index in [0.717, 1.165) is 0 Å². The van der Waals surface area contributed by atoms with Gasteiger partial charge in [0.25, 0.3) is 5.91 Å². The highest BCUT2D eigenvalue weighted by molar-refractivity contribution is 5.96. The van der Waals surface area contributed by atoms with E-state index in [-0.39, 0.29) is 18.5 Å². The molecule has 0 spiro atoms. The molecule has 0 aliphatic rings. The van der Waals surface area contributed by atoms with Gasteiger partial charge in [-0.3, -0.25) is 9.59 Å². The first kappa shape index (κ1) is 11.3. The van der Waals surface area contributed by atoms with Crippen molar-refractivity contribution >= 4 is 11.8 Å². The fourth-order valence-corrected chi connectivity index (χ4v) is 1.21. The van der Waals surface area contributed by atoms with Gasteiger partial charge in [-0.2, -0.15) is 0 Å². The minimum Gasteiger partial charge on any atom is -0.472 e. The Bertz CT molecular complexity index is 344. The van der Waals surface area contributed by atoms with Gasteiger partial charge in [-0.1, -0.05) is 0 Å². The van der Waals surface area contributed by atoms with Gasteiger partial charge in [0.05, 0.1) is 18.4 Å². The van der Waals surface area contributed by atoms with Crippen LogP contribution in [0.15, 0.2) is 23.0 Å². The van der Waals surface area contributed by atoms with E-state index in [0.29, 0.717) is 5.56 Å². The molecule has 0 bridgehead atoms. The van der Waals surface area contributed by atoms with Crippen LogP contribution in [0.2, 0.25) is 0 Å². The lowest BCUT2D eigenvalue weighted by molar-refractivity contribution is -0.119. The summed E-state index contributed by atoms with van der Waals surface area (Å²) in [6.07, 6.45) is 2.76. The van der Waals surface area contributed by atoms with Gasteiger partial charge in [-0.25, -0.2) is 0 Å². The van der Waals surface area contributed by atoms with Crippen molar-refractivity contribution in [1.82, 2.24) is 4.90 Å². The summed E-state index contributed by atoms with van der Waals surface area (Å²) in [5, 5.41) is 0. The number of furan rings is 1. The molecule has 5 nitrogen and oxygen atoms in total. The van der Waals surface area contributed by atoms with E-state index >= 15 is 0 Å². The Hall–Kier alpha value is -1.78. The molecule has 0 radical (unpaired) electrons. The van der Waals surface area contributed by atoms with E-state index in [1.54, 1.807) is 6.07 Å². The SMILES string of the molecule is CC(C)N(CC(N)=O)C(=O)c1ccoc1. The highest BCUT2D eigenvalue weighted by Gasteiger charge is 2.20. The number of rotatable bonds is 4. The maximum atomic E-state index is 11.8. The number of carbonyl (C=O) groups is 2. The van der Waals surface area contributed by atoms with Crippen molar-refractivity contribution in [3.05, 3.63) is 24.2 Å². The number of carbonyl (C=O) groups excluding carboxylic acids is 2. The van der Waals surface area contributed by atoms with Gasteiger partial charge in [0, 0.05) is 6.04 Å². The van der Waals surface area contributed by atoms with Crippen molar-refractivity contribution in [2.24, 2.45) is 5.73 Å². The van der Waals surface area contributed by atoms with Crippen molar-refractivity contribution in [2.75, 3.05) is 6.54 Å². The van der Waals surface area contributed by atoms with E-state index in [2.05, 4.69) is 0 Å². The molecular formula is C10H14N2O3. The Balaban J connectivity index is 2.81. The molecule has 82 valence electrons. The van der Waals surface area contributed by atoms with Crippen LogP contribution in [0.25, 0.3) is 0 Å². The number of nitrogens with two attached hydrogens (primary N) is 1. The second-order valence-corrected chi connectivity index (χ2v) is 3.51. The number of hydrogen-bond acceptors (Lipinski definition) is 3. The molecule has 1 rings (SSSR count). The van der Waals surface area contributed by atoms with Crippen LogP contribution < -0.4 is 5.73 Å². The molecule has 1 heterocycles. The predicted molar refractivity (Wildman–Crippen MR) is 54.1 cm³/mol. The lowest BCUT2D eigenvalue weighted by atomic mass is 10.2. The Morgan fingerprint density at radius 2 is 2.20 bits per heavy atom. The van der Waals surface area contributed by atoms with Crippen LogP contribution in [0.1, 0.15) is 24.2 Å². The van der Waals surface area contributed by atoms with E-state index in [9.17, 15) is 9.59 Å². The third-order valence-electron chi connectivity index (χ3n) is 1.98. The normalized spacial score (nSPS) is 10.3. The Labute approximate surface area is 87.8 Å². The minimum atomic E-state index is -0.527. The monoisotopic (exact) mass is 210 g/mol. The van der Waals surface area contributed by atoms with Crippen LogP contribution in [0.5, 0.6) is 0 Å². The third kappa shape index (κ3) is 2.83. The van der Waals surface area contributed by atoms with Crippen molar-refractivity contribution < 1.29 is 14.0 Å². The fourth-order valence-electron chi connectivity index (χ4n) is 1.21. The van der Waals surface area contributed by atoms with Crippen LogP contribution in [0.4, 0.5) is 0 Å². The molecule has 0 aliphatic carbocycles. The van der Waals surface area contributed by atoms with Gasteiger partial charge in [0.15, 0.2) is 0 Å². The second-order valence-electron chi connectivity index (χ2n) is 3.51. The molecule has 0 saturated carbocycles. The van der Waals surface area contributed by atoms with Crippen LogP contribution >= 0.6 is 0 Å². The second kappa shape index (κ2) is 4.63. The third-order valence-corrected chi connectivity index (χ3v) is 1.98. The standard InChI is InChI=1S/C10H14N2O3/c1-7(2)12(5-9(11)13)10(14)8-3-4-15-6-8/h3-4,6-7H,5H2,1-2H3,(H2,11,13). The topological polar surface area (TPSA) is 76.5 Å². The van der Waals surface area contributed by atoms with E-state index in [1.165, 1.54) is 17.4 Å². The number of primary amides is 1. The highest BCUT2D eigenvalue weighted by Crippen LogP contribution is 2.08. The first-order chi connectivity index (χ1) is 7.02. The smallest absolute Gasteiger partial charge is 0.257 e. The number of amides is 2. The van der Waals surface area contributed by atoms with Crippen LogP contribution in [-0.2, 0) is 4.79 Å². The average Bonchev–Trinajstić information content (AvgIpc) is 2.65. The summed E-state index contributed by atoms with van der Waals surface area (Å²) < 4.78 is 4.81. The summed E-state index contributed by atoms with van der Waals surface area (Å²) in [5.41, 5.74) is 5.49. The molecule has 5 heteroatoms. The van der Waals surface area contributed by atoms with Gasteiger partial charge < -0.3 is 15.1 Å². The summed E-state index contributed by atoms with van der Waals surface area (Å²) in [5.74, 6) is -0.780. The first-order valence-electron chi connectivity index (χ1n) is 4.64. The Kier molecular flexibility index (Phi) is 3.49. The molecule has 0 unspecified atom stereocenters. The van der Waals surface area contributed by atoms with Crippen LogP contribution in [-0.4, -0.2) is 29.3 Å².